The van der Waals surface area contributed by atoms with Crippen LogP contribution in [0.5, 0.6) is 11.5 Å². The van der Waals surface area contributed by atoms with Crippen molar-refractivity contribution in [2.75, 3.05) is 20.3 Å². The minimum absolute atomic E-state index is 0.0302. The Labute approximate surface area is 98.9 Å². The fourth-order valence-corrected chi connectivity index (χ4v) is 1.16. The minimum Gasteiger partial charge on any atom is -0.507 e. The Bertz CT molecular complexity index is 411. The first-order chi connectivity index (χ1) is 8.13. The van der Waals surface area contributed by atoms with Gasteiger partial charge in [0.05, 0.1) is 6.61 Å². The molecule has 2 N–H and O–H groups in total. The van der Waals surface area contributed by atoms with Gasteiger partial charge >= 0.3 is 5.97 Å². The summed E-state index contributed by atoms with van der Waals surface area (Å²) in [4.78, 5) is 10.3. The Kier molecular flexibility index (Phi) is 5.03. The van der Waals surface area contributed by atoms with E-state index in [0.29, 0.717) is 24.5 Å². The van der Waals surface area contributed by atoms with Crippen LogP contribution in [0.25, 0.3) is 6.08 Å². The van der Waals surface area contributed by atoms with E-state index in [-0.39, 0.29) is 5.75 Å². The van der Waals surface area contributed by atoms with Crippen LogP contribution < -0.4 is 4.74 Å². The van der Waals surface area contributed by atoms with Crippen molar-refractivity contribution in [3.63, 3.8) is 0 Å². The molecule has 0 radical (unpaired) electrons. The molecule has 5 heteroatoms. The van der Waals surface area contributed by atoms with Gasteiger partial charge in [0.15, 0.2) is 0 Å². The van der Waals surface area contributed by atoms with Gasteiger partial charge in [-0.3, -0.25) is 0 Å². The van der Waals surface area contributed by atoms with Crippen molar-refractivity contribution in [3.05, 3.63) is 29.8 Å². The van der Waals surface area contributed by atoms with E-state index in [9.17, 15) is 9.90 Å². The van der Waals surface area contributed by atoms with E-state index in [0.717, 1.165) is 6.08 Å². The zero-order valence-corrected chi connectivity index (χ0v) is 9.42. The highest BCUT2D eigenvalue weighted by Gasteiger charge is 2.01. The van der Waals surface area contributed by atoms with Crippen molar-refractivity contribution in [2.45, 2.75) is 0 Å². The molecule has 1 aromatic rings. The highest BCUT2D eigenvalue weighted by molar-refractivity contribution is 5.85. The van der Waals surface area contributed by atoms with Crippen LogP contribution in [0.15, 0.2) is 24.3 Å². The van der Waals surface area contributed by atoms with Crippen LogP contribution in [0.4, 0.5) is 0 Å². The van der Waals surface area contributed by atoms with Crippen LogP contribution in [0.3, 0.4) is 0 Å². The summed E-state index contributed by atoms with van der Waals surface area (Å²) in [6.07, 6.45) is 2.27. The lowest BCUT2D eigenvalue weighted by atomic mass is 10.2. The second kappa shape index (κ2) is 6.55. The predicted octanol–water partition coefficient (Wildman–Crippen LogP) is 1.52. The quantitative estimate of drug-likeness (QED) is 0.580. The van der Waals surface area contributed by atoms with E-state index in [1.807, 2.05) is 0 Å². The number of carboxylic acids is 1. The zero-order valence-electron chi connectivity index (χ0n) is 9.42. The second-order valence-electron chi connectivity index (χ2n) is 3.23. The third-order valence-electron chi connectivity index (χ3n) is 1.96. The molecule has 92 valence electrons. The summed E-state index contributed by atoms with van der Waals surface area (Å²) in [5.41, 5.74) is 0.423. The number of hydrogen-bond acceptors (Lipinski definition) is 4. The summed E-state index contributed by atoms with van der Waals surface area (Å²) in [7, 11) is 1.57. The first kappa shape index (κ1) is 13.1. The number of phenolic OH excluding ortho intramolecular Hbond substituents is 1. The van der Waals surface area contributed by atoms with Gasteiger partial charge in [-0.1, -0.05) is 0 Å². The number of hydrogen-bond donors (Lipinski definition) is 2. The maximum absolute atomic E-state index is 10.3. The smallest absolute Gasteiger partial charge is 0.328 e. The average Bonchev–Trinajstić information content (AvgIpc) is 2.28. The summed E-state index contributed by atoms with van der Waals surface area (Å²) in [5, 5.41) is 18.1. The summed E-state index contributed by atoms with van der Waals surface area (Å²) < 4.78 is 10.1. The third-order valence-corrected chi connectivity index (χ3v) is 1.96. The topological polar surface area (TPSA) is 76.0 Å². The Morgan fingerprint density at radius 2 is 2.18 bits per heavy atom. The SMILES string of the molecule is COCCOc1ccc(/C=C/C(=O)O)c(O)c1. The van der Waals surface area contributed by atoms with Gasteiger partial charge in [0.1, 0.15) is 18.1 Å². The van der Waals surface area contributed by atoms with Crippen LogP contribution in [0.1, 0.15) is 5.56 Å². The first-order valence-corrected chi connectivity index (χ1v) is 4.99. The van der Waals surface area contributed by atoms with Crippen LogP contribution >= 0.6 is 0 Å². The second-order valence-corrected chi connectivity index (χ2v) is 3.23. The molecular weight excluding hydrogens is 224 g/mol. The molecule has 0 aliphatic heterocycles. The van der Waals surface area contributed by atoms with Gasteiger partial charge in [0.25, 0.3) is 0 Å². The fraction of sp³-hybridized carbons (Fsp3) is 0.250. The van der Waals surface area contributed by atoms with Crippen LogP contribution in [-0.4, -0.2) is 36.5 Å². The van der Waals surface area contributed by atoms with Gasteiger partial charge in [-0.05, 0) is 18.2 Å². The van der Waals surface area contributed by atoms with Crippen molar-refractivity contribution >= 4 is 12.0 Å². The van der Waals surface area contributed by atoms with E-state index in [1.165, 1.54) is 12.1 Å². The lowest BCUT2D eigenvalue weighted by Gasteiger charge is -2.06. The summed E-state index contributed by atoms with van der Waals surface area (Å²) in [6, 6.07) is 4.66. The van der Waals surface area contributed by atoms with Crippen LogP contribution in [0, 0.1) is 0 Å². The molecule has 0 spiro atoms. The monoisotopic (exact) mass is 238 g/mol. The van der Waals surface area contributed by atoms with Crippen molar-refractivity contribution in [3.8, 4) is 11.5 Å². The molecule has 0 atom stereocenters. The van der Waals surface area contributed by atoms with Crippen molar-refractivity contribution < 1.29 is 24.5 Å². The van der Waals surface area contributed by atoms with Gasteiger partial charge in [0, 0.05) is 24.8 Å². The van der Waals surface area contributed by atoms with Gasteiger partial charge in [-0.2, -0.15) is 0 Å². The number of carboxylic acid groups (broad SMARTS) is 1. The van der Waals surface area contributed by atoms with E-state index < -0.39 is 5.97 Å². The lowest BCUT2D eigenvalue weighted by molar-refractivity contribution is -0.131. The number of rotatable bonds is 6. The third kappa shape index (κ3) is 4.56. The van der Waals surface area contributed by atoms with Gasteiger partial charge in [-0.15, -0.1) is 0 Å². The first-order valence-electron chi connectivity index (χ1n) is 4.99. The van der Waals surface area contributed by atoms with E-state index in [2.05, 4.69) is 0 Å². The molecule has 0 saturated heterocycles. The highest BCUT2D eigenvalue weighted by atomic mass is 16.5. The molecule has 1 aromatic carbocycles. The zero-order chi connectivity index (χ0) is 12.7. The standard InChI is InChI=1S/C12H14O5/c1-16-6-7-17-10-4-2-9(11(13)8-10)3-5-12(14)15/h2-5,8,13H,6-7H2,1H3,(H,14,15)/b5-3+. The number of aromatic hydroxyl groups is 1. The molecule has 0 aromatic heterocycles. The highest BCUT2D eigenvalue weighted by Crippen LogP contribution is 2.24. The van der Waals surface area contributed by atoms with E-state index in [4.69, 9.17) is 14.6 Å². The summed E-state index contributed by atoms with van der Waals surface area (Å²) in [5.74, 6) is -0.589. The molecule has 0 saturated carbocycles. The van der Waals surface area contributed by atoms with Gasteiger partial charge in [0.2, 0.25) is 0 Å². The van der Waals surface area contributed by atoms with E-state index >= 15 is 0 Å². The molecule has 5 nitrogen and oxygen atoms in total. The fourth-order valence-electron chi connectivity index (χ4n) is 1.16. The molecule has 0 amide bonds. The normalized spacial score (nSPS) is 10.6. The molecule has 1 rings (SSSR count). The predicted molar refractivity (Wildman–Crippen MR) is 62.1 cm³/mol. The van der Waals surface area contributed by atoms with Crippen LogP contribution in [0.2, 0.25) is 0 Å². The summed E-state index contributed by atoms with van der Waals surface area (Å²) >= 11 is 0. The summed E-state index contributed by atoms with van der Waals surface area (Å²) in [6.45, 7) is 0.849. The molecule has 0 fully saturated rings. The maximum atomic E-state index is 10.3. The minimum atomic E-state index is -1.06. The van der Waals surface area contributed by atoms with E-state index in [1.54, 1.807) is 19.2 Å². The maximum Gasteiger partial charge on any atom is 0.328 e. The van der Waals surface area contributed by atoms with Crippen LogP contribution in [-0.2, 0) is 9.53 Å². The molecular formula is C12H14O5. The number of aliphatic carboxylic acids is 1. The molecule has 0 aliphatic carbocycles. The Morgan fingerprint density at radius 3 is 2.76 bits per heavy atom. The van der Waals surface area contributed by atoms with Crippen molar-refractivity contribution in [1.29, 1.82) is 0 Å². The number of phenols is 1. The molecule has 0 unspecified atom stereocenters. The molecule has 0 aliphatic rings. The number of ether oxygens (including phenoxy) is 2. The average molecular weight is 238 g/mol. The van der Waals surface area contributed by atoms with Gasteiger partial charge in [-0.25, -0.2) is 4.79 Å². The molecule has 0 bridgehead atoms. The largest absolute Gasteiger partial charge is 0.507 e. The van der Waals surface area contributed by atoms with Gasteiger partial charge < -0.3 is 19.7 Å². The Morgan fingerprint density at radius 1 is 1.41 bits per heavy atom. The number of methoxy groups -OCH3 is 1. The molecule has 0 heterocycles. The number of carbonyl (C=O) groups is 1. The van der Waals surface area contributed by atoms with Crippen molar-refractivity contribution in [2.24, 2.45) is 0 Å². The number of benzene rings is 1. The Hall–Kier alpha value is -2.01. The molecule has 17 heavy (non-hydrogen) atoms. The Balaban J connectivity index is 2.69. The lowest BCUT2D eigenvalue weighted by Crippen LogP contribution is -2.04. The van der Waals surface area contributed by atoms with Crippen molar-refractivity contribution in [1.82, 2.24) is 0 Å².